The summed E-state index contributed by atoms with van der Waals surface area (Å²) in [6.45, 7) is 3.63. The van der Waals surface area contributed by atoms with E-state index in [-0.39, 0.29) is 11.4 Å². The molecule has 0 fully saturated rings. The summed E-state index contributed by atoms with van der Waals surface area (Å²) in [5, 5.41) is 11.8. The molecule has 3 aromatic rings. The first kappa shape index (κ1) is 19.6. The van der Waals surface area contributed by atoms with Gasteiger partial charge in [0.25, 0.3) is 0 Å². The van der Waals surface area contributed by atoms with E-state index in [9.17, 15) is 14.7 Å². The molecule has 0 saturated heterocycles. The summed E-state index contributed by atoms with van der Waals surface area (Å²) in [6, 6.07) is 20.2. The summed E-state index contributed by atoms with van der Waals surface area (Å²) in [4.78, 5) is 10.9. The van der Waals surface area contributed by atoms with Crippen LogP contribution >= 0.6 is 7.60 Å². The van der Waals surface area contributed by atoms with Gasteiger partial charge in [-0.25, -0.2) is 4.57 Å². The Morgan fingerprint density at radius 2 is 1.61 bits per heavy atom. The summed E-state index contributed by atoms with van der Waals surface area (Å²) in [5.41, 5.74) is 1.10. The number of nitro groups is 1. The summed E-state index contributed by atoms with van der Waals surface area (Å²) in [7, 11) is -3.95. The zero-order valence-electron chi connectivity index (χ0n) is 15.6. The molecule has 0 aliphatic heterocycles. The summed E-state index contributed by atoms with van der Waals surface area (Å²) in [6.07, 6.45) is 0.676. The van der Waals surface area contributed by atoms with E-state index in [2.05, 4.69) is 0 Å². The van der Waals surface area contributed by atoms with Crippen molar-refractivity contribution < 1.29 is 18.5 Å². The molecule has 0 aliphatic carbocycles. The van der Waals surface area contributed by atoms with Gasteiger partial charge in [-0.05, 0) is 42.7 Å². The average Bonchev–Trinajstić information content (AvgIpc) is 2.70. The first-order chi connectivity index (χ1) is 13.4. The van der Waals surface area contributed by atoms with Crippen LogP contribution in [0.2, 0.25) is 0 Å². The van der Waals surface area contributed by atoms with Crippen LogP contribution in [0.3, 0.4) is 0 Å². The van der Waals surface area contributed by atoms with Crippen LogP contribution in [0.15, 0.2) is 72.8 Å². The van der Waals surface area contributed by atoms with Gasteiger partial charge in [-0.2, -0.15) is 0 Å². The second-order valence-electron chi connectivity index (χ2n) is 6.16. The van der Waals surface area contributed by atoms with Gasteiger partial charge in [0.2, 0.25) is 5.75 Å². The Hall–Kier alpha value is -3.11. The van der Waals surface area contributed by atoms with Crippen LogP contribution in [0.4, 0.5) is 5.69 Å². The smallest absolute Gasteiger partial charge is 0.413 e. The Morgan fingerprint density at radius 1 is 0.929 bits per heavy atom. The number of aryl methyl sites for hydroxylation is 2. The van der Waals surface area contributed by atoms with E-state index in [4.69, 9.17) is 9.05 Å². The number of hydrogen-bond acceptors (Lipinski definition) is 5. The van der Waals surface area contributed by atoms with Crippen LogP contribution in [-0.2, 0) is 11.0 Å². The van der Waals surface area contributed by atoms with Crippen molar-refractivity contribution in [3.63, 3.8) is 0 Å². The minimum atomic E-state index is -3.95. The molecule has 0 unspecified atom stereocenters. The third kappa shape index (κ3) is 4.07. The van der Waals surface area contributed by atoms with Gasteiger partial charge in [-0.1, -0.05) is 55.5 Å². The maximum absolute atomic E-state index is 13.9. The molecular formula is C21H20NO5P. The van der Waals surface area contributed by atoms with E-state index in [1.165, 1.54) is 6.07 Å². The molecule has 6 nitrogen and oxygen atoms in total. The zero-order chi connectivity index (χ0) is 20.1. The first-order valence-corrected chi connectivity index (χ1v) is 10.4. The monoisotopic (exact) mass is 397 g/mol. The van der Waals surface area contributed by atoms with Crippen molar-refractivity contribution >= 4 is 18.6 Å². The molecule has 0 saturated carbocycles. The molecule has 0 N–H and O–H groups in total. The molecule has 0 aliphatic rings. The third-order valence-electron chi connectivity index (χ3n) is 4.24. The number of nitro benzene ring substituents is 1. The van der Waals surface area contributed by atoms with Gasteiger partial charge in [-0.15, -0.1) is 0 Å². The Balaban J connectivity index is 2.12. The van der Waals surface area contributed by atoms with Gasteiger partial charge in [-0.3, -0.25) is 10.1 Å². The predicted octanol–water partition coefficient (Wildman–Crippen LogP) is 5.44. The topological polar surface area (TPSA) is 78.7 Å². The van der Waals surface area contributed by atoms with Crippen LogP contribution in [0.5, 0.6) is 11.5 Å². The van der Waals surface area contributed by atoms with Gasteiger partial charge in [0.15, 0.2) is 0 Å². The van der Waals surface area contributed by atoms with Crippen molar-refractivity contribution in [2.24, 2.45) is 0 Å². The largest absolute Gasteiger partial charge is 0.463 e. The van der Waals surface area contributed by atoms with Crippen LogP contribution in [0, 0.1) is 17.0 Å². The number of rotatable bonds is 7. The van der Waals surface area contributed by atoms with Crippen molar-refractivity contribution in [1.29, 1.82) is 0 Å². The van der Waals surface area contributed by atoms with E-state index in [1.807, 2.05) is 19.1 Å². The summed E-state index contributed by atoms with van der Waals surface area (Å²) in [5.74, 6) is 0.363. The SMILES string of the molecule is CCc1ccccc1O[P@@](=O)(Oc1c(C)cccc1[N+](=O)[O-])c1ccccc1. The first-order valence-electron chi connectivity index (χ1n) is 8.81. The number of nitrogens with zero attached hydrogens (tertiary/aromatic N) is 1. The summed E-state index contributed by atoms with van der Waals surface area (Å²) >= 11 is 0. The van der Waals surface area contributed by atoms with Gasteiger partial charge in [0, 0.05) is 6.07 Å². The van der Waals surface area contributed by atoms with Gasteiger partial charge in [0.1, 0.15) is 5.75 Å². The van der Waals surface area contributed by atoms with Crippen molar-refractivity contribution in [3.05, 3.63) is 94.0 Å². The predicted molar refractivity (Wildman–Crippen MR) is 109 cm³/mol. The Morgan fingerprint density at radius 3 is 2.29 bits per heavy atom. The highest BCUT2D eigenvalue weighted by atomic mass is 31.2. The molecule has 0 bridgehead atoms. The Bertz CT molecular complexity index is 1040. The maximum atomic E-state index is 13.9. The van der Waals surface area contributed by atoms with Crippen LogP contribution in [0.1, 0.15) is 18.1 Å². The highest BCUT2D eigenvalue weighted by molar-refractivity contribution is 7.63. The minimum absolute atomic E-state index is 0.0614. The fourth-order valence-corrected chi connectivity index (χ4v) is 4.47. The number of para-hydroxylation sites is 2. The normalized spacial score (nSPS) is 12.8. The molecule has 7 heteroatoms. The van der Waals surface area contributed by atoms with E-state index >= 15 is 0 Å². The number of benzene rings is 3. The second-order valence-corrected chi connectivity index (χ2v) is 8.03. The molecule has 0 aromatic heterocycles. The van der Waals surface area contributed by atoms with Gasteiger partial charge < -0.3 is 9.05 Å². The second kappa shape index (κ2) is 8.28. The summed E-state index contributed by atoms with van der Waals surface area (Å²) < 4.78 is 25.6. The van der Waals surface area contributed by atoms with Crippen LogP contribution in [-0.4, -0.2) is 4.92 Å². The fourth-order valence-electron chi connectivity index (χ4n) is 2.77. The highest BCUT2D eigenvalue weighted by Gasteiger charge is 2.35. The molecule has 3 rings (SSSR count). The molecule has 3 aromatic carbocycles. The lowest BCUT2D eigenvalue weighted by Gasteiger charge is -2.22. The quantitative estimate of drug-likeness (QED) is 0.301. The standard InChI is InChI=1S/C21H20NO5P/c1-3-17-11-7-8-15-20(17)26-28(25,18-12-5-4-6-13-18)27-21-16(2)10-9-14-19(21)22(23)24/h4-15H,3H2,1-2H3/t28-/m1/s1. The van der Waals surface area contributed by atoms with Gasteiger partial charge in [0.05, 0.1) is 10.2 Å². The van der Waals surface area contributed by atoms with E-state index in [1.54, 1.807) is 61.5 Å². The fraction of sp³-hybridized carbons (Fsp3) is 0.143. The number of hydrogen-bond donors (Lipinski definition) is 0. The van der Waals surface area contributed by atoms with Gasteiger partial charge >= 0.3 is 13.3 Å². The van der Waals surface area contributed by atoms with Crippen molar-refractivity contribution in [3.8, 4) is 11.5 Å². The Kier molecular flexibility index (Phi) is 5.81. The molecule has 0 radical (unpaired) electrons. The van der Waals surface area contributed by atoms with Crippen molar-refractivity contribution in [1.82, 2.24) is 0 Å². The highest BCUT2D eigenvalue weighted by Crippen LogP contribution is 2.51. The molecule has 0 heterocycles. The minimum Gasteiger partial charge on any atom is -0.413 e. The molecular weight excluding hydrogens is 377 g/mol. The molecule has 0 amide bonds. The maximum Gasteiger partial charge on any atom is 0.463 e. The molecule has 144 valence electrons. The zero-order valence-corrected chi connectivity index (χ0v) is 16.5. The Labute approximate surface area is 163 Å². The van der Waals surface area contributed by atoms with E-state index in [0.717, 1.165) is 5.56 Å². The molecule has 1 atom stereocenters. The lowest BCUT2D eigenvalue weighted by Crippen LogP contribution is -2.16. The molecule has 0 spiro atoms. The third-order valence-corrected chi connectivity index (χ3v) is 6.03. The van der Waals surface area contributed by atoms with Crippen LogP contribution in [0.25, 0.3) is 0 Å². The van der Waals surface area contributed by atoms with Crippen molar-refractivity contribution in [2.45, 2.75) is 20.3 Å². The average molecular weight is 397 g/mol. The van der Waals surface area contributed by atoms with E-state index < -0.39 is 12.5 Å². The van der Waals surface area contributed by atoms with Crippen molar-refractivity contribution in [2.75, 3.05) is 0 Å². The van der Waals surface area contributed by atoms with E-state index in [0.29, 0.717) is 23.0 Å². The molecule has 28 heavy (non-hydrogen) atoms. The lowest BCUT2D eigenvalue weighted by atomic mass is 10.1. The van der Waals surface area contributed by atoms with Crippen LogP contribution < -0.4 is 14.4 Å². The lowest BCUT2D eigenvalue weighted by molar-refractivity contribution is -0.385.